The maximum Gasteiger partial charge on any atom is 0.416 e. The molecule has 3 rings (SSSR count). The second kappa shape index (κ2) is 12.8. The normalized spacial score (nSPS) is 13.9. The molecule has 2 aromatic carbocycles. The lowest BCUT2D eigenvalue weighted by atomic mass is 10.1. The fraction of sp³-hybridized carbons (Fsp3) is 0.444. The number of rotatable bonds is 10. The van der Waals surface area contributed by atoms with Gasteiger partial charge < -0.3 is 14.4 Å². The number of nitrogens with zero attached hydrogens (tertiary/aromatic N) is 4. The molecule has 0 fully saturated rings. The maximum absolute atomic E-state index is 13.9. The largest absolute Gasteiger partial charge is 0.443 e. The van der Waals surface area contributed by atoms with Gasteiger partial charge in [0.25, 0.3) is 0 Å². The van der Waals surface area contributed by atoms with E-state index in [0.717, 1.165) is 33.6 Å². The van der Waals surface area contributed by atoms with Crippen LogP contribution in [0.3, 0.4) is 0 Å². The minimum atomic E-state index is -4.41. The number of hydrogen-bond donors (Lipinski definition) is 0. The van der Waals surface area contributed by atoms with Crippen molar-refractivity contribution in [3.8, 4) is 0 Å². The molecule has 0 aromatic heterocycles. The number of amides is 2. The third kappa shape index (κ3) is 7.83. The van der Waals surface area contributed by atoms with Gasteiger partial charge in [0.2, 0.25) is 15.9 Å². The summed E-state index contributed by atoms with van der Waals surface area (Å²) in [5.41, 5.74) is 0.961. The lowest BCUT2D eigenvalue weighted by Gasteiger charge is -2.25. The Labute approximate surface area is 233 Å². The van der Waals surface area contributed by atoms with E-state index in [9.17, 15) is 26.8 Å². The average Bonchev–Trinajstić information content (AvgIpc) is 3.36. The molecule has 0 bridgehead atoms. The van der Waals surface area contributed by atoms with Crippen molar-refractivity contribution in [1.29, 1.82) is 0 Å². The molecule has 0 spiro atoms. The molecule has 0 unspecified atom stereocenters. The molecule has 2 amide bonds. The third-order valence-corrected chi connectivity index (χ3v) is 7.78. The van der Waals surface area contributed by atoms with Crippen molar-refractivity contribution in [2.24, 2.45) is 4.99 Å². The van der Waals surface area contributed by atoms with E-state index in [1.165, 1.54) is 16.8 Å². The summed E-state index contributed by atoms with van der Waals surface area (Å²) in [5.74, 6) is -2.18. The summed E-state index contributed by atoms with van der Waals surface area (Å²) in [6.07, 6.45) is -0.457. The highest BCUT2D eigenvalue weighted by molar-refractivity contribution is 7.89. The first-order chi connectivity index (χ1) is 18.7. The van der Waals surface area contributed by atoms with Gasteiger partial charge in [-0.15, -0.1) is 0 Å². The molecule has 0 atom stereocenters. The standard InChI is InChI=1S/C27H34F2N4O6S/c1-27(2,3)39-26(35)33-14-13-30-25(33)20-11-9-19(10-12-20)17-31(4)23(34)18-38-16-15-32(5)40(36,37)24-21(28)7-6-8-22(24)29/h6-12H,13-18H2,1-5H3. The van der Waals surface area contributed by atoms with Gasteiger partial charge in [0.15, 0.2) is 4.90 Å². The summed E-state index contributed by atoms with van der Waals surface area (Å²) in [6.45, 7) is 5.93. The Hall–Kier alpha value is -3.42. The van der Waals surface area contributed by atoms with Gasteiger partial charge in [0.1, 0.15) is 29.7 Å². The molecule has 1 heterocycles. The zero-order valence-electron chi connectivity index (χ0n) is 23.2. The van der Waals surface area contributed by atoms with E-state index < -0.39 is 38.2 Å². The first-order valence-electron chi connectivity index (χ1n) is 12.6. The van der Waals surface area contributed by atoms with Crippen LogP contribution in [0.15, 0.2) is 52.4 Å². The van der Waals surface area contributed by atoms with Gasteiger partial charge in [-0.1, -0.05) is 30.3 Å². The number of carbonyl (C=O) groups is 2. The number of halogens is 2. The molecule has 13 heteroatoms. The number of carbonyl (C=O) groups excluding carboxylic acids is 2. The van der Waals surface area contributed by atoms with Gasteiger partial charge in [-0.2, -0.15) is 4.31 Å². The smallest absolute Gasteiger partial charge is 0.416 e. The van der Waals surface area contributed by atoms with Gasteiger partial charge >= 0.3 is 6.09 Å². The number of hydrogen-bond acceptors (Lipinski definition) is 7. The van der Waals surface area contributed by atoms with Crippen LogP contribution in [-0.4, -0.2) is 92.9 Å². The number of aliphatic imine (C=N–C) groups is 1. The SMILES string of the molecule is CN(Cc1ccc(C2=NCCN2C(=O)OC(C)(C)C)cc1)C(=O)COCCN(C)S(=O)(=O)c1c(F)cccc1F. The fourth-order valence-electron chi connectivity index (χ4n) is 3.78. The van der Waals surface area contributed by atoms with E-state index in [-0.39, 0.29) is 32.2 Å². The van der Waals surface area contributed by atoms with E-state index in [0.29, 0.717) is 18.9 Å². The molecule has 10 nitrogen and oxygen atoms in total. The number of benzene rings is 2. The summed E-state index contributed by atoms with van der Waals surface area (Å²) in [4.78, 5) is 31.4. The van der Waals surface area contributed by atoms with E-state index in [1.807, 2.05) is 24.3 Å². The van der Waals surface area contributed by atoms with Crippen LogP contribution < -0.4 is 0 Å². The van der Waals surface area contributed by atoms with E-state index in [4.69, 9.17) is 9.47 Å². The molecule has 1 aliphatic rings. The summed E-state index contributed by atoms with van der Waals surface area (Å²) in [7, 11) is -1.64. The topological polar surface area (TPSA) is 109 Å². The lowest BCUT2D eigenvalue weighted by Crippen LogP contribution is -2.39. The minimum absolute atomic E-state index is 0.156. The summed E-state index contributed by atoms with van der Waals surface area (Å²) in [5, 5.41) is 0. The second-order valence-electron chi connectivity index (χ2n) is 10.2. The Morgan fingerprint density at radius 1 is 1.05 bits per heavy atom. The monoisotopic (exact) mass is 580 g/mol. The summed E-state index contributed by atoms with van der Waals surface area (Å²) in [6, 6.07) is 10.1. The van der Waals surface area contributed by atoms with Gasteiger partial charge in [-0.05, 0) is 38.5 Å². The molecule has 2 aromatic rings. The zero-order chi connectivity index (χ0) is 29.7. The van der Waals surface area contributed by atoms with Crippen molar-refractivity contribution in [2.45, 2.75) is 37.8 Å². The predicted octanol–water partition coefficient (Wildman–Crippen LogP) is 3.26. The highest BCUT2D eigenvalue weighted by Gasteiger charge is 2.30. The van der Waals surface area contributed by atoms with Crippen LogP contribution in [0.5, 0.6) is 0 Å². The van der Waals surface area contributed by atoms with E-state index in [2.05, 4.69) is 4.99 Å². The molecule has 0 aliphatic carbocycles. The van der Waals surface area contributed by atoms with Crippen LogP contribution in [0.4, 0.5) is 13.6 Å². The predicted molar refractivity (Wildman–Crippen MR) is 144 cm³/mol. The second-order valence-corrected chi connectivity index (χ2v) is 12.2. The van der Waals surface area contributed by atoms with Crippen LogP contribution in [0.1, 0.15) is 31.9 Å². The molecule has 0 saturated heterocycles. The summed E-state index contributed by atoms with van der Waals surface area (Å²) < 4.78 is 64.4. The molecule has 0 radical (unpaired) electrons. The van der Waals surface area contributed by atoms with Crippen LogP contribution >= 0.6 is 0 Å². The van der Waals surface area contributed by atoms with Crippen LogP contribution in [0.25, 0.3) is 0 Å². The van der Waals surface area contributed by atoms with Crippen molar-refractivity contribution in [1.82, 2.24) is 14.1 Å². The Morgan fingerprint density at radius 2 is 1.68 bits per heavy atom. The first-order valence-corrected chi connectivity index (χ1v) is 14.0. The molecule has 40 heavy (non-hydrogen) atoms. The maximum atomic E-state index is 13.9. The lowest BCUT2D eigenvalue weighted by molar-refractivity contribution is -0.135. The first kappa shape index (κ1) is 31.1. The van der Waals surface area contributed by atoms with Gasteiger partial charge in [0, 0.05) is 32.7 Å². The Bertz CT molecular complexity index is 1340. The molecular weight excluding hydrogens is 546 g/mol. The number of likely N-dealkylation sites (N-methyl/N-ethyl adjacent to an activating group) is 2. The fourth-order valence-corrected chi connectivity index (χ4v) is 5.03. The van der Waals surface area contributed by atoms with Crippen molar-refractivity contribution in [3.63, 3.8) is 0 Å². The van der Waals surface area contributed by atoms with Crippen LogP contribution in [0, 0.1) is 11.6 Å². The number of ether oxygens (including phenoxy) is 2. The average molecular weight is 581 g/mol. The quantitative estimate of drug-likeness (QED) is 0.399. The van der Waals surface area contributed by atoms with Crippen molar-refractivity contribution in [3.05, 3.63) is 65.2 Å². The highest BCUT2D eigenvalue weighted by Crippen LogP contribution is 2.21. The van der Waals surface area contributed by atoms with Crippen molar-refractivity contribution >= 4 is 27.9 Å². The Balaban J connectivity index is 1.48. The van der Waals surface area contributed by atoms with E-state index >= 15 is 0 Å². The highest BCUT2D eigenvalue weighted by atomic mass is 32.2. The van der Waals surface area contributed by atoms with Crippen LogP contribution in [-0.2, 0) is 30.8 Å². The molecule has 0 N–H and O–H groups in total. The number of amidine groups is 1. The van der Waals surface area contributed by atoms with Crippen molar-refractivity contribution in [2.75, 3.05) is 46.9 Å². The molecule has 218 valence electrons. The Kier molecular flexibility index (Phi) is 9.98. The van der Waals surface area contributed by atoms with Gasteiger partial charge in [0.05, 0.1) is 19.7 Å². The molecular formula is C27H34F2N4O6S. The summed E-state index contributed by atoms with van der Waals surface area (Å²) >= 11 is 0. The molecule has 1 aliphatic heterocycles. The third-order valence-electron chi connectivity index (χ3n) is 5.88. The Morgan fingerprint density at radius 3 is 2.27 bits per heavy atom. The van der Waals surface area contributed by atoms with Crippen molar-refractivity contribution < 1.29 is 36.3 Å². The minimum Gasteiger partial charge on any atom is -0.443 e. The van der Waals surface area contributed by atoms with Gasteiger partial charge in [-0.25, -0.2) is 22.0 Å². The number of sulfonamides is 1. The van der Waals surface area contributed by atoms with Crippen LogP contribution in [0.2, 0.25) is 0 Å². The molecule has 0 saturated carbocycles. The van der Waals surface area contributed by atoms with Gasteiger partial charge in [-0.3, -0.25) is 14.7 Å². The zero-order valence-corrected chi connectivity index (χ0v) is 24.0. The van der Waals surface area contributed by atoms with E-state index in [1.54, 1.807) is 27.8 Å².